The summed E-state index contributed by atoms with van der Waals surface area (Å²) < 4.78 is 14.2. The molecule has 0 radical (unpaired) electrons. The van der Waals surface area contributed by atoms with Crippen molar-refractivity contribution in [3.05, 3.63) is 28.0 Å². The van der Waals surface area contributed by atoms with Crippen molar-refractivity contribution in [2.75, 3.05) is 6.26 Å². The van der Waals surface area contributed by atoms with Gasteiger partial charge in [-0.2, -0.15) is 9.38 Å². The van der Waals surface area contributed by atoms with Gasteiger partial charge in [-0.05, 0) is 4.92 Å². The number of aromatic nitrogens is 5. The maximum absolute atomic E-state index is 11.5. The number of hydrogen-bond acceptors (Lipinski definition) is 7. The number of thiazole rings is 1. The fourth-order valence-corrected chi connectivity index (χ4v) is 2.94. The number of hydrogen-bond donors (Lipinski definition) is 0. The predicted octanol–water partition coefficient (Wildman–Crippen LogP) is 0.622. The Morgan fingerprint density at radius 2 is 2.32 bits per heavy atom. The molecular formula is C8H6N6O3S2. The molecule has 1 atom stereocenters. The molecule has 98 valence electrons. The van der Waals surface area contributed by atoms with Gasteiger partial charge in [-0.1, -0.05) is 11.3 Å². The molecule has 3 aromatic rings. The van der Waals surface area contributed by atoms with E-state index in [1.165, 1.54) is 32.9 Å². The van der Waals surface area contributed by atoms with Crippen molar-refractivity contribution < 1.29 is 9.13 Å². The smallest absolute Gasteiger partial charge is 0.358 e. The van der Waals surface area contributed by atoms with Crippen molar-refractivity contribution >= 4 is 32.9 Å². The lowest BCUT2D eigenvalue weighted by molar-refractivity contribution is -0.390. The lowest BCUT2D eigenvalue weighted by atomic mass is 10.6. The van der Waals surface area contributed by atoms with Crippen molar-refractivity contribution in [1.82, 2.24) is 24.1 Å². The van der Waals surface area contributed by atoms with Gasteiger partial charge >= 0.3 is 5.82 Å². The highest BCUT2D eigenvalue weighted by Crippen LogP contribution is 2.27. The molecule has 3 heterocycles. The largest absolute Gasteiger partial charge is 0.373 e. The average Bonchev–Trinajstić information content (AvgIpc) is 3.01. The van der Waals surface area contributed by atoms with Crippen LogP contribution in [0.1, 0.15) is 0 Å². The summed E-state index contributed by atoms with van der Waals surface area (Å²) in [4.78, 5) is 15.3. The van der Waals surface area contributed by atoms with Gasteiger partial charge in [-0.25, -0.2) is 0 Å². The Kier molecular flexibility index (Phi) is 2.64. The van der Waals surface area contributed by atoms with E-state index in [4.69, 9.17) is 0 Å². The molecule has 3 rings (SSSR count). The highest BCUT2D eigenvalue weighted by atomic mass is 32.2. The summed E-state index contributed by atoms with van der Waals surface area (Å²) in [5.74, 6) is -0.144. The first-order chi connectivity index (χ1) is 9.09. The van der Waals surface area contributed by atoms with Crippen LogP contribution < -0.4 is 0 Å². The van der Waals surface area contributed by atoms with E-state index in [1.54, 1.807) is 11.6 Å². The van der Waals surface area contributed by atoms with Crippen molar-refractivity contribution in [3.63, 3.8) is 0 Å². The molecule has 0 aliphatic carbocycles. The molecule has 19 heavy (non-hydrogen) atoms. The Hall–Kier alpha value is -2.14. The molecule has 0 bridgehead atoms. The molecule has 11 heteroatoms. The molecule has 0 saturated heterocycles. The highest BCUT2D eigenvalue weighted by Gasteiger charge is 2.27. The second-order valence-electron chi connectivity index (χ2n) is 3.51. The van der Waals surface area contributed by atoms with Gasteiger partial charge in [0.25, 0.3) is 4.96 Å². The van der Waals surface area contributed by atoms with Crippen molar-refractivity contribution in [2.24, 2.45) is 0 Å². The van der Waals surface area contributed by atoms with Crippen LogP contribution in [0.3, 0.4) is 0 Å². The van der Waals surface area contributed by atoms with Crippen molar-refractivity contribution in [1.29, 1.82) is 0 Å². The summed E-state index contributed by atoms with van der Waals surface area (Å²) in [6.07, 6.45) is 4.24. The summed E-state index contributed by atoms with van der Waals surface area (Å²) in [5.41, 5.74) is 0. The quantitative estimate of drug-likeness (QED) is 0.518. The second kappa shape index (κ2) is 4.20. The van der Waals surface area contributed by atoms with Crippen LogP contribution in [0.5, 0.6) is 0 Å². The van der Waals surface area contributed by atoms with Gasteiger partial charge in [0.2, 0.25) is 11.0 Å². The van der Waals surface area contributed by atoms with Crippen LogP contribution in [0.2, 0.25) is 0 Å². The van der Waals surface area contributed by atoms with Crippen molar-refractivity contribution in [2.45, 2.75) is 5.16 Å². The zero-order chi connectivity index (χ0) is 13.6. The van der Waals surface area contributed by atoms with Gasteiger partial charge in [0.05, 0.1) is 10.8 Å². The minimum atomic E-state index is -1.42. The summed E-state index contributed by atoms with van der Waals surface area (Å²) in [6, 6.07) is 0. The van der Waals surface area contributed by atoms with E-state index >= 15 is 0 Å². The number of nitrogens with zero attached hydrogens (tertiary/aromatic N) is 6. The highest BCUT2D eigenvalue weighted by molar-refractivity contribution is 7.84. The van der Waals surface area contributed by atoms with Gasteiger partial charge < -0.3 is 10.1 Å². The van der Waals surface area contributed by atoms with Gasteiger partial charge in [-0.3, -0.25) is 8.78 Å². The van der Waals surface area contributed by atoms with Crippen LogP contribution in [0.4, 0.5) is 5.82 Å². The Labute approximate surface area is 112 Å². The van der Waals surface area contributed by atoms with Gasteiger partial charge in [0, 0.05) is 11.6 Å². The van der Waals surface area contributed by atoms with Gasteiger partial charge in [-0.15, -0.1) is 10.2 Å². The van der Waals surface area contributed by atoms with Crippen LogP contribution in [-0.2, 0) is 10.8 Å². The fourth-order valence-electron chi connectivity index (χ4n) is 1.66. The standard InChI is InChI=1S/C8H6N6O3S2/c1-19(17)8-11-9-4-13(8)5-6(14(15)16)12-2-3-18-7(12)10-5/h2-4H,1H3/t19-/m1/s1. The lowest BCUT2D eigenvalue weighted by Crippen LogP contribution is -2.05. The zero-order valence-electron chi connectivity index (χ0n) is 9.46. The Morgan fingerprint density at radius 3 is 3.00 bits per heavy atom. The number of fused-ring (bicyclic) bond motifs is 1. The van der Waals surface area contributed by atoms with Crippen LogP contribution in [-0.4, -0.2) is 39.5 Å². The van der Waals surface area contributed by atoms with E-state index in [9.17, 15) is 14.3 Å². The first kappa shape index (κ1) is 11.9. The van der Waals surface area contributed by atoms with E-state index in [0.717, 1.165) is 0 Å². The van der Waals surface area contributed by atoms with Crippen LogP contribution in [0, 0.1) is 10.1 Å². The summed E-state index contributed by atoms with van der Waals surface area (Å²) in [7, 11) is -1.42. The summed E-state index contributed by atoms with van der Waals surface area (Å²) >= 11 is 1.27. The van der Waals surface area contributed by atoms with E-state index < -0.39 is 15.7 Å². The maximum Gasteiger partial charge on any atom is 0.373 e. The zero-order valence-corrected chi connectivity index (χ0v) is 11.1. The van der Waals surface area contributed by atoms with E-state index in [0.29, 0.717) is 4.96 Å². The number of rotatable bonds is 3. The summed E-state index contributed by atoms with van der Waals surface area (Å²) in [5, 5.41) is 20.3. The first-order valence-corrected chi connectivity index (χ1v) is 7.37. The molecular weight excluding hydrogens is 292 g/mol. The normalized spacial score (nSPS) is 12.9. The van der Waals surface area contributed by atoms with Crippen LogP contribution in [0.25, 0.3) is 10.8 Å². The number of imidazole rings is 1. The molecule has 3 aromatic heterocycles. The SMILES string of the molecule is C[S@@](=O)c1nncn1-c1nc2sccn2c1[N+](=O)[O-]. The molecule has 0 spiro atoms. The average molecular weight is 298 g/mol. The second-order valence-corrected chi connectivity index (χ2v) is 5.66. The molecule has 0 aliphatic rings. The maximum atomic E-state index is 11.5. The van der Waals surface area contributed by atoms with Gasteiger partial charge in [0.1, 0.15) is 12.5 Å². The first-order valence-electron chi connectivity index (χ1n) is 4.93. The lowest BCUT2D eigenvalue weighted by Gasteiger charge is -2.00. The third-order valence-corrected chi connectivity index (χ3v) is 3.94. The minimum Gasteiger partial charge on any atom is -0.358 e. The molecule has 0 N–H and O–H groups in total. The molecule has 0 unspecified atom stereocenters. The molecule has 0 aliphatic heterocycles. The molecule has 0 saturated carbocycles. The van der Waals surface area contributed by atoms with Crippen LogP contribution >= 0.6 is 11.3 Å². The van der Waals surface area contributed by atoms with E-state index in [1.807, 2.05) is 0 Å². The monoisotopic (exact) mass is 298 g/mol. The predicted molar refractivity (Wildman–Crippen MR) is 67.0 cm³/mol. The topological polar surface area (TPSA) is 108 Å². The minimum absolute atomic E-state index is 0.0621. The molecule has 0 fully saturated rings. The Morgan fingerprint density at radius 1 is 1.53 bits per heavy atom. The third-order valence-electron chi connectivity index (χ3n) is 2.39. The van der Waals surface area contributed by atoms with E-state index in [2.05, 4.69) is 15.2 Å². The fraction of sp³-hybridized carbons (Fsp3) is 0.125. The van der Waals surface area contributed by atoms with E-state index in [-0.39, 0.29) is 16.8 Å². The van der Waals surface area contributed by atoms with Gasteiger partial charge in [0.15, 0.2) is 0 Å². The Balaban J connectivity index is 2.33. The molecule has 0 amide bonds. The number of nitro groups is 1. The molecule has 9 nitrogen and oxygen atoms in total. The Bertz CT molecular complexity index is 802. The van der Waals surface area contributed by atoms with Crippen molar-refractivity contribution in [3.8, 4) is 5.82 Å². The third kappa shape index (κ3) is 1.74. The molecule has 0 aromatic carbocycles. The summed E-state index contributed by atoms with van der Waals surface area (Å²) in [6.45, 7) is 0. The van der Waals surface area contributed by atoms with Crippen LogP contribution in [0.15, 0.2) is 23.1 Å².